The van der Waals surface area contributed by atoms with Crippen molar-refractivity contribution in [2.24, 2.45) is 0 Å². The minimum atomic E-state index is 0.318. The molecule has 0 atom stereocenters. The summed E-state index contributed by atoms with van der Waals surface area (Å²) < 4.78 is 0. The Morgan fingerprint density at radius 3 is 2.67 bits per heavy atom. The molecule has 2 heteroatoms. The molecule has 0 amide bonds. The van der Waals surface area contributed by atoms with E-state index in [-0.39, 0.29) is 0 Å². The Morgan fingerprint density at radius 1 is 1.33 bits per heavy atom. The van der Waals surface area contributed by atoms with E-state index in [1.165, 1.54) is 24.0 Å². The van der Waals surface area contributed by atoms with Gasteiger partial charge in [-0.05, 0) is 25.3 Å². The highest BCUT2D eigenvalue weighted by Gasteiger charge is 2.46. The fourth-order valence-corrected chi connectivity index (χ4v) is 2.37. The molecule has 1 saturated heterocycles. The topological polar surface area (TPSA) is 24.1 Å². The van der Waals surface area contributed by atoms with Gasteiger partial charge in [-0.15, -0.1) is 0 Å². The summed E-state index contributed by atoms with van der Waals surface area (Å²) in [4.78, 5) is 0. The maximum absolute atomic E-state index is 3.78. The van der Waals surface area contributed by atoms with Crippen LogP contribution in [0.25, 0.3) is 0 Å². The van der Waals surface area contributed by atoms with Gasteiger partial charge in [0.25, 0.3) is 0 Å². The molecule has 1 heterocycles. The van der Waals surface area contributed by atoms with Crippen LogP contribution in [0.3, 0.4) is 0 Å². The summed E-state index contributed by atoms with van der Waals surface area (Å²) in [5, 5.41) is 7.10. The zero-order valence-corrected chi connectivity index (χ0v) is 9.22. The second kappa shape index (κ2) is 3.32. The highest BCUT2D eigenvalue weighted by molar-refractivity contribution is 5.33. The van der Waals surface area contributed by atoms with Crippen molar-refractivity contribution in [3.63, 3.8) is 0 Å². The van der Waals surface area contributed by atoms with Crippen LogP contribution in [0.2, 0.25) is 0 Å². The second-order valence-corrected chi connectivity index (χ2v) is 4.95. The number of benzene rings is 1. The summed E-state index contributed by atoms with van der Waals surface area (Å²) in [5.41, 5.74) is 3.17. The van der Waals surface area contributed by atoms with Crippen LogP contribution in [0, 0.1) is 6.92 Å². The average molecular weight is 202 g/mol. The third-order valence-electron chi connectivity index (χ3n) is 3.58. The summed E-state index contributed by atoms with van der Waals surface area (Å²) in [5.74, 6) is 0. The van der Waals surface area contributed by atoms with E-state index >= 15 is 0 Å². The molecule has 15 heavy (non-hydrogen) atoms. The first-order chi connectivity index (χ1) is 7.28. The lowest BCUT2D eigenvalue weighted by molar-refractivity contribution is 0.319. The van der Waals surface area contributed by atoms with Crippen molar-refractivity contribution in [1.29, 1.82) is 0 Å². The van der Waals surface area contributed by atoms with E-state index < -0.39 is 0 Å². The summed E-state index contributed by atoms with van der Waals surface area (Å²) in [6.07, 6.45) is 2.60. The largest absolute Gasteiger partial charge is 0.314 e. The van der Waals surface area contributed by atoms with Crippen LogP contribution in [-0.2, 0) is 5.54 Å². The number of nitrogens with one attached hydrogen (secondary N) is 2. The van der Waals surface area contributed by atoms with E-state index in [0.717, 1.165) is 13.1 Å². The lowest BCUT2D eigenvalue weighted by atomic mass is 10.0. The zero-order valence-electron chi connectivity index (χ0n) is 9.22. The van der Waals surface area contributed by atoms with E-state index in [4.69, 9.17) is 0 Å². The van der Waals surface area contributed by atoms with Gasteiger partial charge in [0.1, 0.15) is 0 Å². The Morgan fingerprint density at radius 2 is 2.13 bits per heavy atom. The summed E-state index contributed by atoms with van der Waals surface area (Å²) in [6, 6.07) is 9.62. The van der Waals surface area contributed by atoms with Gasteiger partial charge in [0.05, 0.1) is 0 Å². The van der Waals surface area contributed by atoms with Gasteiger partial charge < -0.3 is 10.6 Å². The quantitative estimate of drug-likeness (QED) is 0.777. The van der Waals surface area contributed by atoms with Crippen LogP contribution in [-0.4, -0.2) is 19.1 Å². The van der Waals surface area contributed by atoms with Crippen LogP contribution in [0.4, 0.5) is 0 Å². The average Bonchev–Trinajstić information content (AvgIpc) is 2.93. The van der Waals surface area contributed by atoms with Gasteiger partial charge in [0, 0.05) is 24.7 Å². The third kappa shape index (κ3) is 1.68. The zero-order chi connectivity index (χ0) is 10.3. The van der Waals surface area contributed by atoms with Crippen molar-refractivity contribution in [3.05, 3.63) is 35.4 Å². The first kappa shape index (κ1) is 9.37. The first-order valence-electron chi connectivity index (χ1n) is 5.84. The summed E-state index contributed by atoms with van der Waals surface area (Å²) in [7, 11) is 0. The van der Waals surface area contributed by atoms with Crippen molar-refractivity contribution in [3.8, 4) is 0 Å². The van der Waals surface area contributed by atoms with Gasteiger partial charge in [0.2, 0.25) is 0 Å². The number of rotatable bonds is 3. The molecule has 1 aliphatic carbocycles. The minimum Gasteiger partial charge on any atom is -0.314 e. The van der Waals surface area contributed by atoms with Crippen LogP contribution in [0.5, 0.6) is 0 Å². The van der Waals surface area contributed by atoms with Crippen molar-refractivity contribution in [2.45, 2.75) is 31.3 Å². The van der Waals surface area contributed by atoms with Gasteiger partial charge in [-0.1, -0.05) is 29.8 Å². The predicted molar refractivity (Wildman–Crippen MR) is 61.9 cm³/mol. The molecule has 2 nitrogen and oxygen atoms in total. The van der Waals surface area contributed by atoms with Gasteiger partial charge >= 0.3 is 0 Å². The molecule has 80 valence electrons. The molecule has 1 saturated carbocycles. The predicted octanol–water partition coefficient (Wildman–Crippen LogP) is 1.55. The SMILES string of the molecule is Cc1cccc(C2(NC3CNC3)CC2)c1. The molecule has 1 aliphatic heterocycles. The van der Waals surface area contributed by atoms with Crippen molar-refractivity contribution < 1.29 is 0 Å². The maximum Gasteiger partial charge on any atom is 0.0439 e. The van der Waals surface area contributed by atoms with E-state index in [1.54, 1.807) is 0 Å². The van der Waals surface area contributed by atoms with Gasteiger partial charge in [-0.3, -0.25) is 0 Å². The molecule has 2 aliphatic rings. The number of aryl methyl sites for hydroxylation is 1. The molecule has 0 spiro atoms. The molecular weight excluding hydrogens is 184 g/mol. The Balaban J connectivity index is 1.79. The molecule has 2 fully saturated rings. The monoisotopic (exact) mass is 202 g/mol. The highest BCUT2D eigenvalue weighted by atomic mass is 15.2. The minimum absolute atomic E-state index is 0.318. The van der Waals surface area contributed by atoms with Crippen LogP contribution < -0.4 is 10.6 Å². The van der Waals surface area contributed by atoms with Crippen LogP contribution in [0.15, 0.2) is 24.3 Å². The Hall–Kier alpha value is -0.860. The lowest BCUT2D eigenvalue weighted by Crippen LogP contribution is -2.58. The Bertz CT molecular complexity index is 365. The Kier molecular flexibility index (Phi) is 2.08. The van der Waals surface area contributed by atoms with Gasteiger partial charge in [-0.2, -0.15) is 0 Å². The van der Waals surface area contributed by atoms with Crippen molar-refractivity contribution in [1.82, 2.24) is 10.6 Å². The molecule has 0 radical (unpaired) electrons. The van der Waals surface area contributed by atoms with E-state index in [1.807, 2.05) is 0 Å². The second-order valence-electron chi connectivity index (χ2n) is 4.95. The van der Waals surface area contributed by atoms with Crippen LogP contribution >= 0.6 is 0 Å². The highest BCUT2D eigenvalue weighted by Crippen LogP contribution is 2.46. The Labute approximate surface area is 91.1 Å². The molecule has 3 rings (SSSR count). The maximum atomic E-state index is 3.78. The molecule has 2 N–H and O–H groups in total. The van der Waals surface area contributed by atoms with E-state index in [2.05, 4.69) is 41.8 Å². The number of hydrogen-bond donors (Lipinski definition) is 2. The van der Waals surface area contributed by atoms with Gasteiger partial charge in [-0.25, -0.2) is 0 Å². The van der Waals surface area contributed by atoms with Crippen molar-refractivity contribution >= 4 is 0 Å². The molecule has 0 unspecified atom stereocenters. The van der Waals surface area contributed by atoms with Crippen LogP contribution in [0.1, 0.15) is 24.0 Å². The van der Waals surface area contributed by atoms with E-state index in [9.17, 15) is 0 Å². The third-order valence-corrected chi connectivity index (χ3v) is 3.58. The first-order valence-corrected chi connectivity index (χ1v) is 5.84. The summed E-state index contributed by atoms with van der Waals surface area (Å²) in [6.45, 7) is 4.44. The van der Waals surface area contributed by atoms with Crippen molar-refractivity contribution in [2.75, 3.05) is 13.1 Å². The molecule has 0 aromatic heterocycles. The normalized spacial score (nSPS) is 23.5. The smallest absolute Gasteiger partial charge is 0.0439 e. The standard InChI is InChI=1S/C13H18N2/c1-10-3-2-4-11(7-10)13(5-6-13)15-12-8-14-9-12/h2-4,7,12,14-15H,5-6,8-9H2,1H3. The van der Waals surface area contributed by atoms with E-state index in [0.29, 0.717) is 11.6 Å². The molecular formula is C13H18N2. The molecule has 1 aromatic carbocycles. The number of hydrogen-bond acceptors (Lipinski definition) is 2. The van der Waals surface area contributed by atoms with Gasteiger partial charge in [0.15, 0.2) is 0 Å². The fraction of sp³-hybridized carbons (Fsp3) is 0.538. The molecule has 1 aromatic rings. The molecule has 0 bridgehead atoms. The lowest BCUT2D eigenvalue weighted by Gasteiger charge is -2.33. The fourth-order valence-electron chi connectivity index (χ4n) is 2.37. The summed E-state index contributed by atoms with van der Waals surface area (Å²) >= 11 is 0.